The molecule has 0 saturated heterocycles. The average Bonchev–Trinajstić information content (AvgIpc) is 2.74. The second-order valence-electron chi connectivity index (χ2n) is 6.92. The molecule has 0 aliphatic carbocycles. The largest absolute Gasteiger partial charge is 0.348 e. The first-order valence-electron chi connectivity index (χ1n) is 9.50. The molecule has 30 heavy (non-hydrogen) atoms. The Labute approximate surface area is 185 Å². The Morgan fingerprint density at radius 3 is 2.23 bits per heavy atom. The molecule has 0 aliphatic heterocycles. The van der Waals surface area contributed by atoms with Crippen molar-refractivity contribution < 1.29 is 13.2 Å². The maximum absolute atomic E-state index is 13.2. The van der Waals surface area contributed by atoms with Crippen LogP contribution in [0.4, 0.5) is 0 Å². The van der Waals surface area contributed by atoms with Crippen molar-refractivity contribution in [2.45, 2.75) is 24.4 Å². The Balaban J connectivity index is 1.80. The van der Waals surface area contributed by atoms with Gasteiger partial charge in [-0.2, -0.15) is 4.31 Å². The Bertz CT molecular complexity index is 1090. The maximum atomic E-state index is 13.2. The molecule has 0 unspecified atom stereocenters. The SMILES string of the molecule is C[C@H](NC(=O)CN(Cc1ccccc1)S(=O)(=O)c1ccccc1)c1cccc(Br)c1. The van der Waals surface area contributed by atoms with E-state index in [1.54, 1.807) is 18.2 Å². The van der Waals surface area contributed by atoms with Crippen LogP contribution in [-0.2, 0) is 21.4 Å². The lowest BCUT2D eigenvalue weighted by Gasteiger charge is -2.23. The van der Waals surface area contributed by atoms with Gasteiger partial charge < -0.3 is 5.32 Å². The summed E-state index contributed by atoms with van der Waals surface area (Å²) in [5.41, 5.74) is 1.74. The summed E-state index contributed by atoms with van der Waals surface area (Å²) >= 11 is 3.43. The van der Waals surface area contributed by atoms with Crippen molar-refractivity contribution in [3.8, 4) is 0 Å². The van der Waals surface area contributed by atoms with Crippen LogP contribution >= 0.6 is 15.9 Å². The van der Waals surface area contributed by atoms with Crippen LogP contribution in [0.5, 0.6) is 0 Å². The van der Waals surface area contributed by atoms with Crippen LogP contribution < -0.4 is 5.32 Å². The minimum Gasteiger partial charge on any atom is -0.348 e. The molecule has 0 aromatic heterocycles. The molecule has 3 aromatic carbocycles. The van der Waals surface area contributed by atoms with Crippen LogP contribution in [0.15, 0.2) is 94.3 Å². The number of hydrogen-bond donors (Lipinski definition) is 1. The summed E-state index contributed by atoms with van der Waals surface area (Å²) in [7, 11) is -3.84. The summed E-state index contributed by atoms with van der Waals surface area (Å²) in [6, 6.07) is 24.8. The van der Waals surface area contributed by atoms with Crippen LogP contribution in [0.1, 0.15) is 24.1 Å². The fourth-order valence-electron chi connectivity index (χ4n) is 3.06. The first-order valence-corrected chi connectivity index (χ1v) is 11.7. The molecular formula is C23H23BrN2O3S. The van der Waals surface area contributed by atoms with E-state index in [9.17, 15) is 13.2 Å². The van der Waals surface area contributed by atoms with Gasteiger partial charge in [-0.15, -0.1) is 0 Å². The minimum absolute atomic E-state index is 0.108. The predicted octanol–water partition coefficient (Wildman–Crippen LogP) is 4.52. The van der Waals surface area contributed by atoms with Crippen molar-refractivity contribution in [1.82, 2.24) is 9.62 Å². The van der Waals surface area contributed by atoms with Crippen molar-refractivity contribution in [3.63, 3.8) is 0 Å². The van der Waals surface area contributed by atoms with E-state index in [2.05, 4.69) is 21.2 Å². The standard InChI is InChI=1S/C23H23BrN2O3S/c1-18(20-11-8-12-21(24)15-20)25-23(27)17-26(16-19-9-4-2-5-10-19)30(28,29)22-13-6-3-7-14-22/h2-15,18H,16-17H2,1H3,(H,25,27)/t18-/m0/s1. The third-order valence-corrected chi connectivity index (χ3v) is 6.93. The van der Waals surface area contributed by atoms with Gasteiger partial charge in [0.2, 0.25) is 15.9 Å². The summed E-state index contributed by atoms with van der Waals surface area (Å²) in [5, 5.41) is 2.90. The lowest BCUT2D eigenvalue weighted by molar-refractivity contribution is -0.122. The highest BCUT2D eigenvalue weighted by Crippen LogP contribution is 2.20. The third-order valence-electron chi connectivity index (χ3n) is 4.63. The highest BCUT2D eigenvalue weighted by Gasteiger charge is 2.27. The van der Waals surface area contributed by atoms with Gasteiger partial charge >= 0.3 is 0 Å². The molecule has 0 bridgehead atoms. The fraction of sp³-hybridized carbons (Fsp3) is 0.174. The first-order chi connectivity index (χ1) is 14.4. The zero-order chi connectivity index (χ0) is 21.6. The number of sulfonamides is 1. The van der Waals surface area contributed by atoms with Gasteiger partial charge in [0.15, 0.2) is 0 Å². The molecule has 0 fully saturated rings. The van der Waals surface area contributed by atoms with Gasteiger partial charge in [0.05, 0.1) is 17.5 Å². The Hall–Kier alpha value is -2.48. The molecular weight excluding hydrogens is 464 g/mol. The molecule has 1 N–H and O–H groups in total. The summed E-state index contributed by atoms with van der Waals surface area (Å²) in [6.45, 7) is 1.70. The number of rotatable bonds is 8. The van der Waals surface area contributed by atoms with Crippen LogP contribution in [-0.4, -0.2) is 25.2 Å². The van der Waals surface area contributed by atoms with E-state index in [-0.39, 0.29) is 29.9 Å². The van der Waals surface area contributed by atoms with Crippen molar-refractivity contribution in [2.75, 3.05) is 6.54 Å². The molecule has 7 heteroatoms. The van der Waals surface area contributed by atoms with Crippen LogP contribution in [0, 0.1) is 0 Å². The van der Waals surface area contributed by atoms with Crippen molar-refractivity contribution in [3.05, 3.63) is 101 Å². The second-order valence-corrected chi connectivity index (χ2v) is 9.77. The van der Waals surface area contributed by atoms with Gasteiger partial charge in [-0.3, -0.25) is 4.79 Å². The highest BCUT2D eigenvalue weighted by molar-refractivity contribution is 9.10. The molecule has 3 aromatic rings. The molecule has 0 aliphatic rings. The number of nitrogens with one attached hydrogen (secondary N) is 1. The molecule has 5 nitrogen and oxygen atoms in total. The molecule has 1 atom stereocenters. The van der Waals surface area contributed by atoms with Gasteiger partial charge in [0, 0.05) is 11.0 Å². The normalized spacial score (nSPS) is 12.5. The number of hydrogen-bond acceptors (Lipinski definition) is 3. The minimum atomic E-state index is -3.84. The molecule has 156 valence electrons. The Morgan fingerprint density at radius 2 is 1.60 bits per heavy atom. The molecule has 0 spiro atoms. The molecule has 1 amide bonds. The molecule has 0 saturated carbocycles. The lowest BCUT2D eigenvalue weighted by atomic mass is 10.1. The van der Waals surface area contributed by atoms with Crippen molar-refractivity contribution in [2.24, 2.45) is 0 Å². The number of nitrogens with zero attached hydrogens (tertiary/aromatic N) is 1. The zero-order valence-corrected chi connectivity index (χ0v) is 18.9. The average molecular weight is 487 g/mol. The Morgan fingerprint density at radius 1 is 0.967 bits per heavy atom. The lowest BCUT2D eigenvalue weighted by Crippen LogP contribution is -2.41. The maximum Gasteiger partial charge on any atom is 0.243 e. The summed E-state index contributed by atoms with van der Waals surface area (Å²) in [5.74, 6) is -0.363. The Kier molecular flexibility index (Phi) is 7.42. The van der Waals surface area contributed by atoms with Crippen LogP contribution in [0.2, 0.25) is 0 Å². The quantitative estimate of drug-likeness (QED) is 0.508. The number of carbonyl (C=O) groups is 1. The van der Waals surface area contributed by atoms with E-state index >= 15 is 0 Å². The van der Waals surface area contributed by atoms with Gasteiger partial charge in [-0.1, -0.05) is 76.6 Å². The van der Waals surface area contributed by atoms with Gasteiger partial charge in [0.25, 0.3) is 0 Å². The number of benzene rings is 3. The van der Waals surface area contributed by atoms with E-state index in [1.165, 1.54) is 16.4 Å². The van der Waals surface area contributed by atoms with Gasteiger partial charge in [-0.05, 0) is 42.3 Å². The highest BCUT2D eigenvalue weighted by atomic mass is 79.9. The molecule has 0 radical (unpaired) electrons. The smallest absolute Gasteiger partial charge is 0.243 e. The monoisotopic (exact) mass is 486 g/mol. The van der Waals surface area contributed by atoms with E-state index < -0.39 is 10.0 Å². The van der Waals surface area contributed by atoms with E-state index in [4.69, 9.17) is 0 Å². The van der Waals surface area contributed by atoms with Crippen molar-refractivity contribution >= 4 is 31.9 Å². The van der Waals surface area contributed by atoms with Crippen LogP contribution in [0.3, 0.4) is 0 Å². The predicted molar refractivity (Wildman–Crippen MR) is 121 cm³/mol. The van der Waals surface area contributed by atoms with E-state index in [1.807, 2.05) is 61.5 Å². The van der Waals surface area contributed by atoms with E-state index in [0.29, 0.717) is 0 Å². The molecule has 0 heterocycles. The number of halogens is 1. The van der Waals surface area contributed by atoms with Crippen molar-refractivity contribution in [1.29, 1.82) is 0 Å². The van der Waals surface area contributed by atoms with Gasteiger partial charge in [0.1, 0.15) is 0 Å². The number of amides is 1. The summed E-state index contributed by atoms with van der Waals surface area (Å²) in [4.78, 5) is 12.9. The molecule has 3 rings (SSSR count). The van der Waals surface area contributed by atoms with Crippen LogP contribution in [0.25, 0.3) is 0 Å². The van der Waals surface area contributed by atoms with Gasteiger partial charge in [-0.25, -0.2) is 8.42 Å². The second kappa shape index (κ2) is 10.0. The number of carbonyl (C=O) groups excluding carboxylic acids is 1. The summed E-state index contributed by atoms with van der Waals surface area (Å²) < 4.78 is 28.5. The third kappa shape index (κ3) is 5.78. The first kappa shape index (κ1) is 22.2. The zero-order valence-electron chi connectivity index (χ0n) is 16.5. The fourth-order valence-corrected chi connectivity index (χ4v) is 4.88. The topological polar surface area (TPSA) is 66.5 Å². The van der Waals surface area contributed by atoms with E-state index in [0.717, 1.165) is 15.6 Å². The summed E-state index contributed by atoms with van der Waals surface area (Å²) in [6.07, 6.45) is 0.